The van der Waals surface area contributed by atoms with Gasteiger partial charge in [0.05, 0.1) is 22.0 Å². The van der Waals surface area contributed by atoms with Crippen molar-refractivity contribution in [3.05, 3.63) is 108 Å². The fourth-order valence-corrected chi connectivity index (χ4v) is 3.84. The second kappa shape index (κ2) is 10.5. The number of nitro benzene ring substituents is 2. The third-order valence-corrected chi connectivity index (χ3v) is 5.72. The summed E-state index contributed by atoms with van der Waals surface area (Å²) in [6.07, 6.45) is 1.44. The minimum Gasteiger partial charge on any atom is -0.493 e. The number of aliphatic imine (C=N–C) groups is 1. The maximum Gasteiger partial charge on any atom is 0.363 e. The van der Waals surface area contributed by atoms with Crippen molar-refractivity contribution >= 4 is 40.9 Å². The van der Waals surface area contributed by atoms with Crippen molar-refractivity contribution in [1.29, 1.82) is 0 Å². The van der Waals surface area contributed by atoms with Crippen LogP contribution >= 0.6 is 11.6 Å². The molecule has 0 atom stereocenters. The maximum atomic E-state index is 12.5. The molecular weight excluding hydrogens is 506 g/mol. The molecule has 0 saturated carbocycles. The Morgan fingerprint density at radius 1 is 1.08 bits per heavy atom. The highest BCUT2D eigenvalue weighted by atomic mass is 35.5. The number of ether oxygens (including phenoxy) is 3. The van der Waals surface area contributed by atoms with Gasteiger partial charge in [-0.05, 0) is 54.5 Å². The summed E-state index contributed by atoms with van der Waals surface area (Å²) in [6, 6.07) is 13.4. The summed E-state index contributed by atoms with van der Waals surface area (Å²) in [4.78, 5) is 37.7. The van der Waals surface area contributed by atoms with E-state index in [1.807, 2.05) is 0 Å². The van der Waals surface area contributed by atoms with Crippen LogP contribution in [0.15, 0.2) is 65.3 Å². The highest BCUT2D eigenvalue weighted by Crippen LogP contribution is 2.38. The lowest BCUT2D eigenvalue weighted by molar-refractivity contribution is -0.385. The summed E-state index contributed by atoms with van der Waals surface area (Å²) in [5.74, 6) is -0.241. The van der Waals surface area contributed by atoms with Gasteiger partial charge in [0.1, 0.15) is 6.61 Å². The van der Waals surface area contributed by atoms with Crippen LogP contribution in [0.1, 0.15) is 22.3 Å². The Hall–Kier alpha value is -4.77. The van der Waals surface area contributed by atoms with Crippen LogP contribution in [0.4, 0.5) is 11.4 Å². The number of hydrogen-bond donors (Lipinski definition) is 0. The molecule has 0 radical (unpaired) electrons. The number of esters is 1. The predicted octanol–water partition coefficient (Wildman–Crippen LogP) is 5.40. The molecule has 0 aromatic heterocycles. The van der Waals surface area contributed by atoms with E-state index < -0.39 is 15.8 Å². The van der Waals surface area contributed by atoms with Gasteiger partial charge in [0.15, 0.2) is 17.2 Å². The first-order valence-corrected chi connectivity index (χ1v) is 11.1. The van der Waals surface area contributed by atoms with E-state index in [0.29, 0.717) is 22.3 Å². The van der Waals surface area contributed by atoms with E-state index in [2.05, 4.69) is 4.99 Å². The van der Waals surface area contributed by atoms with Gasteiger partial charge in [0, 0.05) is 29.3 Å². The van der Waals surface area contributed by atoms with Crippen LogP contribution in [-0.2, 0) is 16.1 Å². The maximum absolute atomic E-state index is 12.5. The lowest BCUT2D eigenvalue weighted by atomic mass is 10.1. The molecule has 12 heteroatoms. The Morgan fingerprint density at radius 2 is 1.81 bits per heavy atom. The molecule has 3 aromatic carbocycles. The van der Waals surface area contributed by atoms with Crippen LogP contribution in [0.5, 0.6) is 11.5 Å². The van der Waals surface area contributed by atoms with Gasteiger partial charge in [-0.25, -0.2) is 9.79 Å². The van der Waals surface area contributed by atoms with Gasteiger partial charge < -0.3 is 14.2 Å². The van der Waals surface area contributed by atoms with E-state index in [1.54, 1.807) is 37.3 Å². The molecule has 1 heterocycles. The summed E-state index contributed by atoms with van der Waals surface area (Å²) >= 11 is 6.42. The number of rotatable bonds is 8. The van der Waals surface area contributed by atoms with E-state index in [0.717, 1.165) is 0 Å². The quantitative estimate of drug-likeness (QED) is 0.165. The van der Waals surface area contributed by atoms with Crippen LogP contribution in [0.25, 0.3) is 6.08 Å². The first-order valence-electron chi connectivity index (χ1n) is 10.7. The number of hydrogen-bond acceptors (Lipinski definition) is 9. The molecular formula is C25H18ClN3O8. The molecule has 0 bridgehead atoms. The molecule has 0 amide bonds. The van der Waals surface area contributed by atoms with Gasteiger partial charge in [0.25, 0.3) is 11.4 Å². The number of non-ortho nitro benzene ring substituents is 1. The summed E-state index contributed by atoms with van der Waals surface area (Å²) in [7, 11) is 1.42. The zero-order chi connectivity index (χ0) is 26.7. The first kappa shape index (κ1) is 25.3. The largest absolute Gasteiger partial charge is 0.493 e. The van der Waals surface area contributed by atoms with Crippen molar-refractivity contribution < 1.29 is 28.9 Å². The van der Waals surface area contributed by atoms with E-state index >= 15 is 0 Å². The summed E-state index contributed by atoms with van der Waals surface area (Å²) in [6.45, 7) is 1.63. The second-order valence-electron chi connectivity index (χ2n) is 7.79. The van der Waals surface area contributed by atoms with E-state index in [4.69, 9.17) is 25.8 Å². The highest BCUT2D eigenvalue weighted by molar-refractivity contribution is 6.32. The topological polar surface area (TPSA) is 143 Å². The molecule has 0 aliphatic carbocycles. The number of cyclic esters (lactones) is 1. The van der Waals surface area contributed by atoms with Crippen molar-refractivity contribution in [3.8, 4) is 11.5 Å². The Morgan fingerprint density at radius 3 is 2.46 bits per heavy atom. The Labute approximate surface area is 214 Å². The van der Waals surface area contributed by atoms with Gasteiger partial charge >= 0.3 is 5.97 Å². The van der Waals surface area contributed by atoms with Crippen molar-refractivity contribution in [2.45, 2.75) is 13.5 Å². The van der Waals surface area contributed by atoms with Crippen molar-refractivity contribution in [3.63, 3.8) is 0 Å². The molecule has 1 aliphatic rings. The van der Waals surface area contributed by atoms with Crippen LogP contribution in [0, 0.1) is 27.2 Å². The minimum atomic E-state index is -0.727. The van der Waals surface area contributed by atoms with Crippen molar-refractivity contribution in [2.24, 2.45) is 4.99 Å². The number of methoxy groups -OCH3 is 1. The Bertz CT molecular complexity index is 1480. The van der Waals surface area contributed by atoms with Crippen LogP contribution in [-0.4, -0.2) is 28.8 Å². The average Bonchev–Trinajstić information content (AvgIpc) is 3.22. The van der Waals surface area contributed by atoms with E-state index in [9.17, 15) is 25.0 Å². The number of halogens is 1. The second-order valence-corrected chi connectivity index (χ2v) is 8.20. The summed E-state index contributed by atoms with van der Waals surface area (Å²) < 4.78 is 16.4. The van der Waals surface area contributed by atoms with Crippen LogP contribution < -0.4 is 9.47 Å². The third kappa shape index (κ3) is 5.41. The number of benzene rings is 3. The molecule has 3 aromatic rings. The van der Waals surface area contributed by atoms with Crippen LogP contribution in [0.2, 0.25) is 5.02 Å². The minimum absolute atomic E-state index is 0.0291. The van der Waals surface area contributed by atoms with Gasteiger partial charge in [-0.2, -0.15) is 0 Å². The molecule has 1 aliphatic heterocycles. The molecule has 0 spiro atoms. The first-order chi connectivity index (χ1) is 17.7. The number of nitrogens with zero attached hydrogens (tertiary/aromatic N) is 3. The number of carbonyl (C=O) groups is 1. The molecule has 0 unspecified atom stereocenters. The number of carbonyl (C=O) groups excluding carboxylic acids is 1. The molecule has 11 nitrogen and oxygen atoms in total. The molecule has 188 valence electrons. The highest BCUT2D eigenvalue weighted by Gasteiger charge is 2.27. The predicted molar refractivity (Wildman–Crippen MR) is 134 cm³/mol. The monoisotopic (exact) mass is 523 g/mol. The fourth-order valence-electron chi connectivity index (χ4n) is 3.57. The standard InChI is InChI=1S/C25H18ClN3O8/c1-14-18(4-3-5-21(14)29(33)34)24-27-20(25(30)37-24)11-16-10-19(26)23(22(12-16)35-2)36-13-15-6-8-17(9-7-15)28(31)32/h3-12H,13H2,1-2H3/b20-11-. The van der Waals surface area contributed by atoms with Crippen molar-refractivity contribution in [2.75, 3.05) is 7.11 Å². The molecule has 0 saturated heterocycles. The normalized spacial score (nSPS) is 13.8. The molecule has 37 heavy (non-hydrogen) atoms. The molecule has 0 N–H and O–H groups in total. The summed E-state index contributed by atoms with van der Waals surface area (Å²) in [5.41, 5.74) is 1.62. The van der Waals surface area contributed by atoms with E-state index in [-0.39, 0.29) is 46.1 Å². The smallest absolute Gasteiger partial charge is 0.363 e. The Kier molecular flexibility index (Phi) is 7.16. The lowest BCUT2D eigenvalue weighted by Crippen LogP contribution is -2.08. The fraction of sp³-hybridized carbons (Fsp3) is 0.120. The SMILES string of the molecule is COc1cc(/C=C2\N=C(c3cccc([N+](=O)[O-])c3C)OC2=O)cc(Cl)c1OCc1ccc([N+](=O)[O-])cc1. The zero-order valence-electron chi connectivity index (χ0n) is 19.5. The van der Waals surface area contributed by atoms with Gasteiger partial charge in [-0.1, -0.05) is 17.7 Å². The Balaban J connectivity index is 1.59. The zero-order valence-corrected chi connectivity index (χ0v) is 20.2. The summed E-state index contributed by atoms with van der Waals surface area (Å²) in [5, 5.41) is 22.2. The molecule has 0 fully saturated rings. The van der Waals surface area contributed by atoms with E-state index in [1.165, 1.54) is 37.5 Å². The van der Waals surface area contributed by atoms with Gasteiger partial charge in [0.2, 0.25) is 5.90 Å². The molecule has 4 rings (SSSR count). The number of nitro groups is 2. The van der Waals surface area contributed by atoms with Crippen molar-refractivity contribution in [1.82, 2.24) is 0 Å². The van der Waals surface area contributed by atoms with Gasteiger partial charge in [-0.15, -0.1) is 0 Å². The van der Waals surface area contributed by atoms with Crippen LogP contribution in [0.3, 0.4) is 0 Å². The lowest BCUT2D eigenvalue weighted by Gasteiger charge is -2.13. The average molecular weight is 524 g/mol. The third-order valence-electron chi connectivity index (χ3n) is 5.44. The van der Waals surface area contributed by atoms with Gasteiger partial charge in [-0.3, -0.25) is 20.2 Å².